The van der Waals surface area contributed by atoms with Gasteiger partial charge in [-0.1, -0.05) is 24.3 Å². The number of amides is 1. The van der Waals surface area contributed by atoms with Crippen LogP contribution in [0, 0.1) is 6.92 Å². The Bertz CT molecular complexity index is 1370. The number of methoxy groups -OCH3 is 3. The summed E-state index contributed by atoms with van der Waals surface area (Å²) in [6, 6.07) is 17.5. The lowest BCUT2D eigenvalue weighted by Gasteiger charge is -2.13. The third-order valence-corrected chi connectivity index (χ3v) is 6.05. The summed E-state index contributed by atoms with van der Waals surface area (Å²) in [5.74, 6) is 2.08. The molecule has 0 bridgehead atoms. The molecular formula is C29H29NO5. The molecule has 180 valence electrons. The largest absolute Gasteiger partial charge is 0.497 e. The molecule has 35 heavy (non-hydrogen) atoms. The van der Waals surface area contributed by atoms with Gasteiger partial charge in [-0.25, -0.2) is 0 Å². The molecule has 0 saturated carbocycles. The van der Waals surface area contributed by atoms with E-state index in [1.807, 2.05) is 68.4 Å². The Morgan fingerprint density at radius 3 is 2.17 bits per heavy atom. The highest BCUT2D eigenvalue weighted by atomic mass is 16.5. The van der Waals surface area contributed by atoms with Crippen molar-refractivity contribution in [3.8, 4) is 28.4 Å². The molecule has 1 N–H and O–H groups in total. The molecule has 0 spiro atoms. The number of ether oxygens (including phenoxy) is 3. The Labute approximate surface area is 205 Å². The van der Waals surface area contributed by atoms with Gasteiger partial charge in [0.25, 0.3) is 0 Å². The zero-order valence-corrected chi connectivity index (χ0v) is 20.6. The molecule has 0 atom stereocenters. The van der Waals surface area contributed by atoms with Crippen molar-refractivity contribution >= 4 is 22.4 Å². The Morgan fingerprint density at radius 1 is 0.943 bits per heavy atom. The van der Waals surface area contributed by atoms with Crippen molar-refractivity contribution in [3.05, 3.63) is 83.6 Å². The maximum absolute atomic E-state index is 12.7. The fourth-order valence-corrected chi connectivity index (χ4v) is 4.12. The number of rotatable bonds is 8. The van der Waals surface area contributed by atoms with E-state index in [0.717, 1.165) is 55.9 Å². The highest BCUT2D eigenvalue weighted by Gasteiger charge is 2.19. The van der Waals surface area contributed by atoms with Crippen LogP contribution in [0.4, 0.5) is 0 Å². The third kappa shape index (κ3) is 5.01. The number of nitrogens with one attached hydrogen (secondary N) is 1. The number of hydrogen-bond donors (Lipinski definition) is 1. The molecule has 0 aliphatic carbocycles. The van der Waals surface area contributed by atoms with Gasteiger partial charge in [-0.15, -0.1) is 0 Å². The Hall–Kier alpha value is -4.19. The summed E-state index contributed by atoms with van der Waals surface area (Å²) < 4.78 is 22.1. The maximum Gasteiger partial charge on any atom is 0.244 e. The number of hydrogen-bond acceptors (Lipinski definition) is 5. The molecule has 1 aromatic heterocycles. The van der Waals surface area contributed by atoms with E-state index in [2.05, 4.69) is 5.32 Å². The smallest absolute Gasteiger partial charge is 0.244 e. The molecule has 4 aromatic rings. The standard InChI is InChI=1S/C29H29NO5/c1-18(14-27(31)30-16-20-6-10-22(32-3)11-7-20)24-15-25-26(21-8-12-23(33-4)13-9-21)17-35-29(25)19(2)28(24)34-5/h6-15,17H,16H2,1-5H3,(H,30,31)/b18-14+. The molecule has 3 aromatic carbocycles. The summed E-state index contributed by atoms with van der Waals surface area (Å²) in [7, 11) is 4.90. The third-order valence-electron chi connectivity index (χ3n) is 6.05. The fraction of sp³-hybridized carbons (Fsp3) is 0.207. The highest BCUT2D eigenvalue weighted by Crippen LogP contribution is 2.40. The van der Waals surface area contributed by atoms with E-state index in [1.54, 1.807) is 33.7 Å². The van der Waals surface area contributed by atoms with Gasteiger partial charge in [-0.3, -0.25) is 4.79 Å². The summed E-state index contributed by atoms with van der Waals surface area (Å²) in [5, 5.41) is 3.90. The predicted molar refractivity (Wildman–Crippen MR) is 138 cm³/mol. The van der Waals surface area contributed by atoms with Crippen LogP contribution in [0.25, 0.3) is 27.7 Å². The summed E-state index contributed by atoms with van der Waals surface area (Å²) >= 11 is 0. The topological polar surface area (TPSA) is 69.9 Å². The van der Waals surface area contributed by atoms with E-state index in [1.165, 1.54) is 0 Å². The van der Waals surface area contributed by atoms with Gasteiger partial charge >= 0.3 is 0 Å². The first kappa shape index (κ1) is 24.0. The van der Waals surface area contributed by atoms with Crippen LogP contribution in [0.15, 0.2) is 71.4 Å². The van der Waals surface area contributed by atoms with Gasteiger partial charge < -0.3 is 23.9 Å². The summed E-state index contributed by atoms with van der Waals surface area (Å²) in [6.07, 6.45) is 3.35. The second-order valence-corrected chi connectivity index (χ2v) is 8.23. The minimum Gasteiger partial charge on any atom is -0.497 e. The number of aryl methyl sites for hydroxylation is 1. The minimum absolute atomic E-state index is 0.180. The molecule has 1 amide bonds. The molecule has 1 heterocycles. The first-order valence-electron chi connectivity index (χ1n) is 11.3. The second kappa shape index (κ2) is 10.4. The van der Waals surface area contributed by atoms with Gasteiger partial charge in [0.1, 0.15) is 22.8 Å². The van der Waals surface area contributed by atoms with Crippen LogP contribution in [0.2, 0.25) is 0 Å². The van der Waals surface area contributed by atoms with Crippen LogP contribution >= 0.6 is 0 Å². The quantitative estimate of drug-likeness (QED) is 0.312. The number of carbonyl (C=O) groups excluding carboxylic acids is 1. The van der Waals surface area contributed by atoms with Crippen LogP contribution in [0.5, 0.6) is 17.2 Å². The van der Waals surface area contributed by atoms with Gasteiger partial charge in [0.15, 0.2) is 0 Å². The number of fused-ring (bicyclic) bond motifs is 1. The average molecular weight is 472 g/mol. The van der Waals surface area contributed by atoms with Gasteiger partial charge in [0.2, 0.25) is 5.91 Å². The SMILES string of the molecule is COc1ccc(CNC(=O)/C=C(\C)c2cc3c(-c4ccc(OC)cc4)coc3c(C)c2OC)cc1. The predicted octanol–water partition coefficient (Wildman–Crippen LogP) is 6.15. The highest BCUT2D eigenvalue weighted by molar-refractivity contribution is 6.01. The fourth-order valence-electron chi connectivity index (χ4n) is 4.12. The van der Waals surface area contributed by atoms with E-state index in [9.17, 15) is 4.79 Å². The van der Waals surface area contributed by atoms with Crippen molar-refractivity contribution in [3.63, 3.8) is 0 Å². The zero-order valence-electron chi connectivity index (χ0n) is 20.6. The first-order chi connectivity index (χ1) is 16.9. The van der Waals surface area contributed by atoms with Crippen molar-refractivity contribution in [2.24, 2.45) is 0 Å². The lowest BCUT2D eigenvalue weighted by Crippen LogP contribution is -2.20. The Morgan fingerprint density at radius 2 is 1.57 bits per heavy atom. The lowest BCUT2D eigenvalue weighted by atomic mass is 9.96. The van der Waals surface area contributed by atoms with E-state index in [-0.39, 0.29) is 5.91 Å². The van der Waals surface area contributed by atoms with Gasteiger partial charge in [-0.2, -0.15) is 0 Å². The molecular weight excluding hydrogens is 442 g/mol. The normalized spacial score (nSPS) is 11.4. The number of furan rings is 1. The summed E-state index contributed by atoms with van der Waals surface area (Å²) in [5.41, 5.74) is 6.24. The first-order valence-corrected chi connectivity index (χ1v) is 11.3. The van der Waals surface area contributed by atoms with E-state index < -0.39 is 0 Å². The molecule has 6 heteroatoms. The van der Waals surface area contributed by atoms with Crippen LogP contribution in [-0.4, -0.2) is 27.2 Å². The molecule has 0 radical (unpaired) electrons. The molecule has 0 fully saturated rings. The van der Waals surface area contributed by atoms with E-state index >= 15 is 0 Å². The number of allylic oxidation sites excluding steroid dienone is 1. The van der Waals surface area contributed by atoms with Crippen LogP contribution < -0.4 is 19.5 Å². The number of carbonyl (C=O) groups is 1. The lowest BCUT2D eigenvalue weighted by molar-refractivity contribution is -0.116. The average Bonchev–Trinajstić information content (AvgIpc) is 3.32. The molecule has 0 aliphatic rings. The second-order valence-electron chi connectivity index (χ2n) is 8.23. The summed E-state index contributed by atoms with van der Waals surface area (Å²) in [6.45, 7) is 4.29. The molecule has 0 unspecified atom stereocenters. The van der Waals surface area contributed by atoms with E-state index in [0.29, 0.717) is 12.3 Å². The Balaban J connectivity index is 1.64. The van der Waals surface area contributed by atoms with Crippen molar-refractivity contribution in [1.29, 1.82) is 0 Å². The summed E-state index contributed by atoms with van der Waals surface area (Å²) in [4.78, 5) is 12.7. The minimum atomic E-state index is -0.180. The molecule has 6 nitrogen and oxygen atoms in total. The number of benzene rings is 3. The van der Waals surface area contributed by atoms with Crippen molar-refractivity contribution < 1.29 is 23.4 Å². The molecule has 4 rings (SSSR count). The van der Waals surface area contributed by atoms with Crippen LogP contribution in [-0.2, 0) is 11.3 Å². The molecule has 0 aliphatic heterocycles. The van der Waals surface area contributed by atoms with Crippen molar-refractivity contribution in [2.75, 3.05) is 21.3 Å². The monoisotopic (exact) mass is 471 g/mol. The van der Waals surface area contributed by atoms with Gasteiger partial charge in [0.05, 0.1) is 27.6 Å². The Kier molecular flexibility index (Phi) is 7.11. The van der Waals surface area contributed by atoms with Crippen molar-refractivity contribution in [2.45, 2.75) is 20.4 Å². The zero-order chi connectivity index (χ0) is 24.9. The van der Waals surface area contributed by atoms with Crippen LogP contribution in [0.3, 0.4) is 0 Å². The maximum atomic E-state index is 12.7. The van der Waals surface area contributed by atoms with E-state index in [4.69, 9.17) is 18.6 Å². The van der Waals surface area contributed by atoms with Crippen molar-refractivity contribution in [1.82, 2.24) is 5.32 Å². The van der Waals surface area contributed by atoms with Gasteiger partial charge in [0, 0.05) is 34.7 Å². The molecule has 0 saturated heterocycles. The van der Waals surface area contributed by atoms with Crippen LogP contribution in [0.1, 0.15) is 23.6 Å². The van der Waals surface area contributed by atoms with Gasteiger partial charge in [-0.05, 0) is 60.9 Å².